The minimum atomic E-state index is -0.547. The van der Waals surface area contributed by atoms with Crippen LogP contribution in [0.2, 0.25) is 0 Å². The molecule has 1 N–H and O–H groups in total. The van der Waals surface area contributed by atoms with E-state index in [-0.39, 0.29) is 24.4 Å². The van der Waals surface area contributed by atoms with E-state index in [1.54, 1.807) is 13.0 Å². The molecule has 106 valence electrons. The van der Waals surface area contributed by atoms with Crippen molar-refractivity contribution in [2.45, 2.75) is 32.9 Å². The van der Waals surface area contributed by atoms with E-state index in [1.807, 2.05) is 13.8 Å². The van der Waals surface area contributed by atoms with Crippen molar-refractivity contribution in [1.29, 1.82) is 0 Å². The molecule has 0 heterocycles. The Morgan fingerprint density at radius 3 is 2.63 bits per heavy atom. The smallest absolute Gasteiger partial charge is 0.326 e. The highest BCUT2D eigenvalue weighted by atomic mass is 19.1. The Hall–Kier alpha value is -1.62. The molecule has 0 bridgehead atoms. The zero-order chi connectivity index (χ0) is 14.4. The second kappa shape index (κ2) is 7.09. The van der Waals surface area contributed by atoms with Gasteiger partial charge in [-0.15, -0.1) is 0 Å². The first-order valence-electron chi connectivity index (χ1n) is 6.17. The number of nitrogens with one attached hydrogen (secondary N) is 1. The predicted octanol–water partition coefficient (Wildman–Crippen LogP) is 2.05. The van der Waals surface area contributed by atoms with E-state index in [1.165, 1.54) is 19.2 Å². The van der Waals surface area contributed by atoms with Crippen LogP contribution in [0.15, 0.2) is 18.2 Å². The minimum Gasteiger partial charge on any atom is -0.491 e. The molecule has 1 rings (SSSR count). The van der Waals surface area contributed by atoms with E-state index in [0.717, 1.165) is 0 Å². The Labute approximate surface area is 112 Å². The molecule has 0 spiro atoms. The maximum absolute atomic E-state index is 13.0. The number of hydrogen-bond acceptors (Lipinski definition) is 4. The summed E-state index contributed by atoms with van der Waals surface area (Å²) >= 11 is 0. The first-order chi connectivity index (χ1) is 8.93. The van der Waals surface area contributed by atoms with Crippen LogP contribution >= 0.6 is 0 Å². The number of hydrogen-bond donors (Lipinski definition) is 1. The Kier molecular flexibility index (Phi) is 5.76. The molecule has 0 aliphatic rings. The first kappa shape index (κ1) is 15.4. The molecule has 0 fully saturated rings. The van der Waals surface area contributed by atoms with Crippen LogP contribution in [0.25, 0.3) is 0 Å². The molecule has 1 atom stereocenters. The molecule has 0 aliphatic carbocycles. The second-order valence-corrected chi connectivity index (χ2v) is 4.62. The minimum absolute atomic E-state index is 0.127. The van der Waals surface area contributed by atoms with Gasteiger partial charge in [0, 0.05) is 6.04 Å². The van der Waals surface area contributed by atoms with Crippen molar-refractivity contribution >= 4 is 5.97 Å². The first-order valence-corrected chi connectivity index (χ1v) is 6.17. The quantitative estimate of drug-likeness (QED) is 0.803. The normalized spacial score (nSPS) is 12.3. The number of esters is 1. The van der Waals surface area contributed by atoms with Gasteiger partial charge in [-0.3, -0.25) is 10.1 Å². The van der Waals surface area contributed by atoms with E-state index < -0.39 is 6.04 Å². The number of carbonyl (C=O) groups excluding carboxylic acids is 1. The van der Waals surface area contributed by atoms with Gasteiger partial charge in [-0.25, -0.2) is 4.39 Å². The summed E-state index contributed by atoms with van der Waals surface area (Å²) in [5.41, 5.74) is 0.688. The van der Waals surface area contributed by atoms with Gasteiger partial charge in [-0.05, 0) is 30.7 Å². The monoisotopic (exact) mass is 269 g/mol. The third-order valence-electron chi connectivity index (χ3n) is 2.56. The average molecular weight is 269 g/mol. The zero-order valence-corrected chi connectivity index (χ0v) is 11.7. The summed E-state index contributed by atoms with van der Waals surface area (Å²) in [6, 6.07) is 3.84. The van der Waals surface area contributed by atoms with Gasteiger partial charge in [0.05, 0.1) is 7.11 Å². The van der Waals surface area contributed by atoms with Crippen LogP contribution in [0.4, 0.5) is 4.39 Å². The van der Waals surface area contributed by atoms with Crippen LogP contribution in [0.5, 0.6) is 5.75 Å². The summed E-state index contributed by atoms with van der Waals surface area (Å²) < 4.78 is 23.2. The van der Waals surface area contributed by atoms with E-state index in [2.05, 4.69) is 5.32 Å². The van der Waals surface area contributed by atoms with Crippen LogP contribution in [0.3, 0.4) is 0 Å². The van der Waals surface area contributed by atoms with Crippen molar-refractivity contribution in [3.63, 3.8) is 0 Å². The maximum atomic E-state index is 13.0. The van der Waals surface area contributed by atoms with Crippen LogP contribution < -0.4 is 10.1 Å². The summed E-state index contributed by atoms with van der Waals surface area (Å²) in [5.74, 6) is -0.135. The highest BCUT2D eigenvalue weighted by molar-refractivity contribution is 5.75. The highest BCUT2D eigenvalue weighted by Crippen LogP contribution is 2.18. The fourth-order valence-corrected chi connectivity index (χ4v) is 1.68. The lowest BCUT2D eigenvalue weighted by molar-refractivity contribution is -0.144. The fraction of sp³-hybridized carbons (Fsp3) is 0.500. The molecular formula is C14H20FNO3. The van der Waals surface area contributed by atoms with Crippen molar-refractivity contribution in [3.05, 3.63) is 29.6 Å². The lowest BCUT2D eigenvalue weighted by Gasteiger charge is -2.20. The summed E-state index contributed by atoms with van der Waals surface area (Å²) in [5, 5.41) is 3.06. The number of ether oxygens (including phenoxy) is 2. The molecule has 0 aromatic heterocycles. The van der Waals surface area contributed by atoms with E-state index in [9.17, 15) is 9.18 Å². The van der Waals surface area contributed by atoms with Crippen LogP contribution in [-0.2, 0) is 9.53 Å². The highest BCUT2D eigenvalue weighted by Gasteiger charge is 2.20. The molecule has 0 saturated carbocycles. The van der Waals surface area contributed by atoms with Crippen LogP contribution in [0.1, 0.15) is 19.4 Å². The SMILES string of the molecule is COC(=O)C(COc1ccc(F)cc1C)NC(C)C. The van der Waals surface area contributed by atoms with Gasteiger partial charge >= 0.3 is 5.97 Å². The number of aryl methyl sites for hydroxylation is 1. The second-order valence-electron chi connectivity index (χ2n) is 4.62. The number of benzene rings is 1. The Balaban J connectivity index is 2.67. The Bertz CT molecular complexity index is 435. The fourth-order valence-electron chi connectivity index (χ4n) is 1.68. The van der Waals surface area contributed by atoms with E-state index in [0.29, 0.717) is 11.3 Å². The van der Waals surface area contributed by atoms with Gasteiger partial charge in [0.2, 0.25) is 0 Å². The largest absolute Gasteiger partial charge is 0.491 e. The van der Waals surface area contributed by atoms with Crippen LogP contribution in [-0.4, -0.2) is 31.8 Å². The predicted molar refractivity (Wildman–Crippen MR) is 70.7 cm³/mol. The maximum Gasteiger partial charge on any atom is 0.326 e. The van der Waals surface area contributed by atoms with Crippen molar-refractivity contribution in [3.8, 4) is 5.75 Å². The lowest BCUT2D eigenvalue weighted by atomic mass is 10.2. The summed E-state index contributed by atoms with van der Waals surface area (Å²) in [7, 11) is 1.33. The topological polar surface area (TPSA) is 47.6 Å². The molecule has 0 amide bonds. The molecule has 1 aromatic carbocycles. The lowest BCUT2D eigenvalue weighted by Crippen LogP contribution is -2.45. The molecule has 4 nitrogen and oxygen atoms in total. The molecule has 1 unspecified atom stereocenters. The molecule has 0 radical (unpaired) electrons. The van der Waals surface area contributed by atoms with Gasteiger partial charge in [-0.2, -0.15) is 0 Å². The van der Waals surface area contributed by atoms with E-state index >= 15 is 0 Å². The van der Waals surface area contributed by atoms with Crippen molar-refractivity contribution in [1.82, 2.24) is 5.32 Å². The van der Waals surface area contributed by atoms with Crippen LogP contribution in [0, 0.1) is 12.7 Å². The standard InChI is InChI=1S/C14H20FNO3/c1-9(2)16-12(14(17)18-4)8-19-13-6-5-11(15)7-10(13)3/h5-7,9,12,16H,8H2,1-4H3. The molecule has 0 saturated heterocycles. The Morgan fingerprint density at radius 2 is 2.11 bits per heavy atom. The van der Waals surface area contributed by atoms with Crippen molar-refractivity contribution in [2.75, 3.05) is 13.7 Å². The molecular weight excluding hydrogens is 249 g/mol. The summed E-state index contributed by atoms with van der Waals surface area (Å²) in [6.07, 6.45) is 0. The number of rotatable bonds is 6. The van der Waals surface area contributed by atoms with Gasteiger partial charge < -0.3 is 9.47 Å². The third kappa shape index (κ3) is 4.87. The van der Waals surface area contributed by atoms with Gasteiger partial charge in [0.25, 0.3) is 0 Å². The average Bonchev–Trinajstić information content (AvgIpc) is 2.34. The Morgan fingerprint density at radius 1 is 1.42 bits per heavy atom. The molecule has 5 heteroatoms. The summed E-state index contributed by atoms with van der Waals surface area (Å²) in [4.78, 5) is 11.6. The summed E-state index contributed by atoms with van der Waals surface area (Å²) in [6.45, 7) is 5.75. The van der Waals surface area contributed by atoms with E-state index in [4.69, 9.17) is 9.47 Å². The van der Waals surface area contributed by atoms with Gasteiger partial charge in [0.15, 0.2) is 0 Å². The van der Waals surface area contributed by atoms with Crippen molar-refractivity contribution in [2.24, 2.45) is 0 Å². The number of methoxy groups -OCH3 is 1. The van der Waals surface area contributed by atoms with Gasteiger partial charge in [0.1, 0.15) is 24.2 Å². The zero-order valence-electron chi connectivity index (χ0n) is 11.7. The molecule has 1 aromatic rings. The number of carbonyl (C=O) groups is 1. The van der Waals surface area contributed by atoms with Crippen molar-refractivity contribution < 1.29 is 18.7 Å². The molecule has 19 heavy (non-hydrogen) atoms. The number of halogens is 1. The van der Waals surface area contributed by atoms with Gasteiger partial charge in [-0.1, -0.05) is 13.8 Å². The third-order valence-corrected chi connectivity index (χ3v) is 2.56. The molecule has 0 aliphatic heterocycles.